The van der Waals surface area contributed by atoms with E-state index in [4.69, 9.17) is 0 Å². The van der Waals surface area contributed by atoms with Crippen LogP contribution in [0, 0.1) is 11.8 Å². The molecule has 3 rings (SSSR count). The maximum atomic E-state index is 13.3. The molecule has 3 atom stereocenters. The quantitative estimate of drug-likeness (QED) is 0.183. The normalized spacial score (nSPS) is 25.0. The van der Waals surface area contributed by atoms with E-state index in [1.165, 1.54) is 77.0 Å². The van der Waals surface area contributed by atoms with Crippen LogP contribution in [0.25, 0.3) is 0 Å². The van der Waals surface area contributed by atoms with E-state index in [1.54, 1.807) is 0 Å². The summed E-state index contributed by atoms with van der Waals surface area (Å²) in [7, 11) is 0. The second-order valence-corrected chi connectivity index (χ2v) is 12.1. The molecule has 0 aromatic heterocycles. The molecule has 0 heterocycles. The molecule has 0 saturated heterocycles. The van der Waals surface area contributed by atoms with Crippen molar-refractivity contribution in [1.82, 2.24) is 4.90 Å². The van der Waals surface area contributed by atoms with Crippen LogP contribution in [0.2, 0.25) is 0 Å². The molecule has 4 nitrogen and oxygen atoms in total. The molecule has 0 unspecified atom stereocenters. The second-order valence-electron chi connectivity index (χ2n) is 12.1. The molecule has 206 valence electrons. The molecule has 1 amide bonds. The molecule has 1 N–H and O–H groups in total. The van der Waals surface area contributed by atoms with Gasteiger partial charge in [0, 0.05) is 30.8 Å². The minimum absolute atomic E-state index is 0.138. The van der Waals surface area contributed by atoms with Crippen molar-refractivity contribution in [3.8, 4) is 0 Å². The Hall–Kier alpha value is -1.16. The zero-order valence-electron chi connectivity index (χ0n) is 23.3. The van der Waals surface area contributed by atoms with E-state index in [0.717, 1.165) is 51.4 Å². The van der Waals surface area contributed by atoms with Crippen molar-refractivity contribution in [2.24, 2.45) is 11.8 Å². The van der Waals surface area contributed by atoms with Crippen LogP contribution in [-0.4, -0.2) is 39.9 Å². The predicted molar refractivity (Wildman–Crippen MR) is 149 cm³/mol. The fraction of sp³-hybridized carbons (Fsp3) is 0.875. The molecular weight excluding hydrogens is 446 g/mol. The van der Waals surface area contributed by atoms with Crippen molar-refractivity contribution in [1.29, 1.82) is 0 Å². The van der Waals surface area contributed by atoms with Gasteiger partial charge in [0.25, 0.3) is 0 Å². The van der Waals surface area contributed by atoms with Crippen molar-refractivity contribution < 1.29 is 14.7 Å². The monoisotopic (exact) mass is 501 g/mol. The molecule has 3 saturated carbocycles. The molecule has 3 aliphatic carbocycles. The van der Waals surface area contributed by atoms with Gasteiger partial charge in [0.2, 0.25) is 5.91 Å². The highest BCUT2D eigenvalue weighted by Crippen LogP contribution is 2.34. The zero-order chi connectivity index (χ0) is 25.6. The number of hydrogen-bond acceptors (Lipinski definition) is 3. The molecule has 0 radical (unpaired) electrons. The van der Waals surface area contributed by atoms with Gasteiger partial charge in [-0.05, 0) is 57.3 Å². The molecule has 3 aliphatic rings. The minimum Gasteiger partial charge on any atom is -0.389 e. The van der Waals surface area contributed by atoms with Gasteiger partial charge in [-0.1, -0.05) is 96.1 Å². The van der Waals surface area contributed by atoms with Crippen LogP contribution in [0.5, 0.6) is 0 Å². The highest BCUT2D eigenvalue weighted by atomic mass is 16.3. The summed E-state index contributed by atoms with van der Waals surface area (Å²) in [4.78, 5) is 28.2. The molecule has 36 heavy (non-hydrogen) atoms. The molecule has 3 fully saturated rings. The van der Waals surface area contributed by atoms with Crippen molar-refractivity contribution in [3.05, 3.63) is 12.2 Å². The zero-order valence-corrected chi connectivity index (χ0v) is 23.3. The number of Topliss-reactive ketones (excluding diaryl/α,β-unsaturated/α-hetero) is 1. The molecule has 0 spiro atoms. The van der Waals surface area contributed by atoms with Gasteiger partial charge < -0.3 is 10.0 Å². The third-order valence-electron chi connectivity index (χ3n) is 9.22. The third kappa shape index (κ3) is 9.62. The smallest absolute Gasteiger partial charge is 0.223 e. The first-order valence-corrected chi connectivity index (χ1v) is 15.8. The lowest BCUT2D eigenvalue weighted by molar-refractivity contribution is -0.138. The fourth-order valence-electron chi connectivity index (χ4n) is 7.06. The van der Waals surface area contributed by atoms with Crippen LogP contribution in [0.15, 0.2) is 12.2 Å². The van der Waals surface area contributed by atoms with Gasteiger partial charge in [-0.15, -0.1) is 0 Å². The van der Waals surface area contributed by atoms with Crippen LogP contribution in [0.1, 0.15) is 148 Å². The van der Waals surface area contributed by atoms with Gasteiger partial charge in [0.05, 0.1) is 6.10 Å². The SMILES string of the molecule is CCCCC[C@H](O)/C=C/[C@H]1CCC(=O)[C@@H]1CCCCCCC(=O)N(C1CCCCC1)C1CCCCC1. The lowest BCUT2D eigenvalue weighted by Crippen LogP contribution is -2.48. The van der Waals surface area contributed by atoms with E-state index in [9.17, 15) is 14.7 Å². The highest BCUT2D eigenvalue weighted by Gasteiger charge is 2.33. The van der Waals surface area contributed by atoms with E-state index in [2.05, 4.69) is 17.9 Å². The van der Waals surface area contributed by atoms with Gasteiger partial charge in [-0.3, -0.25) is 9.59 Å². The number of hydrogen-bond donors (Lipinski definition) is 1. The number of allylic oxidation sites excluding steroid dienone is 1. The molecule has 0 aromatic carbocycles. The first-order chi connectivity index (χ1) is 17.6. The lowest BCUT2D eigenvalue weighted by Gasteiger charge is -2.42. The maximum absolute atomic E-state index is 13.3. The Morgan fingerprint density at radius 3 is 2.17 bits per heavy atom. The summed E-state index contributed by atoms with van der Waals surface area (Å²) in [6.07, 6.45) is 28.2. The maximum Gasteiger partial charge on any atom is 0.223 e. The molecular formula is C32H55NO3. The Morgan fingerprint density at radius 1 is 0.889 bits per heavy atom. The Bertz CT molecular complexity index is 644. The summed E-state index contributed by atoms with van der Waals surface area (Å²) in [6, 6.07) is 0.996. The predicted octanol–water partition coefficient (Wildman–Crippen LogP) is 7.91. The molecule has 0 aromatic rings. The minimum atomic E-state index is -0.368. The Kier molecular flexibility index (Phi) is 13.6. The van der Waals surface area contributed by atoms with Gasteiger partial charge in [-0.2, -0.15) is 0 Å². The summed E-state index contributed by atoms with van der Waals surface area (Å²) >= 11 is 0. The van der Waals surface area contributed by atoms with Gasteiger partial charge in [0.1, 0.15) is 5.78 Å². The fourth-order valence-corrected chi connectivity index (χ4v) is 7.06. The average Bonchev–Trinajstić information content (AvgIpc) is 3.25. The number of carbonyl (C=O) groups is 2. The number of rotatable bonds is 15. The second kappa shape index (κ2) is 16.6. The van der Waals surface area contributed by atoms with E-state index >= 15 is 0 Å². The first kappa shape index (κ1) is 29.4. The van der Waals surface area contributed by atoms with Crippen molar-refractivity contribution >= 4 is 11.7 Å². The van der Waals surface area contributed by atoms with Crippen molar-refractivity contribution in [3.63, 3.8) is 0 Å². The van der Waals surface area contributed by atoms with E-state index in [1.807, 2.05) is 6.08 Å². The highest BCUT2D eigenvalue weighted by molar-refractivity contribution is 5.83. The van der Waals surface area contributed by atoms with Crippen LogP contribution >= 0.6 is 0 Å². The number of aliphatic hydroxyl groups is 1. The summed E-state index contributed by atoms with van der Waals surface area (Å²) in [5.74, 6) is 1.27. The molecule has 0 bridgehead atoms. The summed E-state index contributed by atoms with van der Waals surface area (Å²) in [6.45, 7) is 2.18. The number of unbranched alkanes of at least 4 members (excludes halogenated alkanes) is 5. The summed E-state index contributed by atoms with van der Waals surface area (Å²) < 4.78 is 0. The Labute approximate surface area is 221 Å². The molecule has 0 aliphatic heterocycles. The number of aliphatic hydroxyl groups excluding tert-OH is 1. The third-order valence-corrected chi connectivity index (χ3v) is 9.22. The van der Waals surface area contributed by atoms with Crippen LogP contribution in [-0.2, 0) is 9.59 Å². The van der Waals surface area contributed by atoms with Gasteiger partial charge in [-0.25, -0.2) is 0 Å². The van der Waals surface area contributed by atoms with E-state index in [-0.39, 0.29) is 12.0 Å². The first-order valence-electron chi connectivity index (χ1n) is 15.8. The van der Waals surface area contributed by atoms with E-state index in [0.29, 0.717) is 42.5 Å². The standard InChI is InChI=1S/C32H55NO3/c1-2-3-8-19-29(34)24-22-26-23-25-31(35)30(26)20-13-4-5-14-21-32(36)33(27-15-9-6-10-16-27)28-17-11-7-12-18-28/h22,24,26-30,34H,2-21,23,25H2,1H3/b24-22+/t26-,29-,30+/m0/s1. The van der Waals surface area contributed by atoms with Gasteiger partial charge >= 0.3 is 0 Å². The van der Waals surface area contributed by atoms with Crippen LogP contribution in [0.3, 0.4) is 0 Å². The Morgan fingerprint density at radius 2 is 1.53 bits per heavy atom. The van der Waals surface area contributed by atoms with Gasteiger partial charge in [0.15, 0.2) is 0 Å². The average molecular weight is 502 g/mol. The van der Waals surface area contributed by atoms with Crippen LogP contribution < -0.4 is 0 Å². The summed E-state index contributed by atoms with van der Waals surface area (Å²) in [5.41, 5.74) is 0. The largest absolute Gasteiger partial charge is 0.389 e. The number of ketones is 1. The van der Waals surface area contributed by atoms with E-state index < -0.39 is 0 Å². The molecule has 4 heteroatoms. The summed E-state index contributed by atoms with van der Waals surface area (Å²) in [5, 5.41) is 10.2. The van der Waals surface area contributed by atoms with Crippen molar-refractivity contribution in [2.45, 2.75) is 166 Å². The Balaban J connectivity index is 1.36. The number of nitrogens with zero attached hydrogens (tertiary/aromatic N) is 1. The number of carbonyl (C=O) groups excluding carboxylic acids is 2. The number of amides is 1. The van der Waals surface area contributed by atoms with Crippen LogP contribution in [0.4, 0.5) is 0 Å². The lowest BCUT2D eigenvalue weighted by atomic mass is 9.88. The van der Waals surface area contributed by atoms with Crippen molar-refractivity contribution in [2.75, 3.05) is 0 Å². The topological polar surface area (TPSA) is 57.6 Å².